The number of anilines is 1. The van der Waals surface area contributed by atoms with Crippen molar-refractivity contribution in [3.8, 4) is 11.5 Å². The van der Waals surface area contributed by atoms with Crippen molar-refractivity contribution in [1.82, 2.24) is 5.32 Å². The molecule has 2 atom stereocenters. The van der Waals surface area contributed by atoms with E-state index in [0.717, 1.165) is 39.3 Å². The summed E-state index contributed by atoms with van der Waals surface area (Å²) in [7, 11) is 3.22. The summed E-state index contributed by atoms with van der Waals surface area (Å²) in [5.74, 6) is 0.663. The molecule has 0 aromatic heterocycles. The van der Waals surface area contributed by atoms with E-state index in [1.807, 2.05) is 81.4 Å². The molecule has 6 heteroatoms. The summed E-state index contributed by atoms with van der Waals surface area (Å²) in [4.78, 5) is 27.8. The first-order valence-electron chi connectivity index (χ1n) is 13.2. The maximum absolute atomic E-state index is 13.9. The molecule has 1 heterocycles. The van der Waals surface area contributed by atoms with Gasteiger partial charge in [0.25, 0.3) is 5.91 Å². The Labute approximate surface area is 229 Å². The summed E-state index contributed by atoms with van der Waals surface area (Å²) in [5, 5.41) is 6.56. The van der Waals surface area contributed by atoms with Crippen LogP contribution in [0, 0.1) is 13.8 Å². The molecule has 0 saturated heterocycles. The number of dihydropyridines is 1. The third kappa shape index (κ3) is 5.07. The predicted octanol–water partition coefficient (Wildman–Crippen LogP) is 6.32. The van der Waals surface area contributed by atoms with Crippen molar-refractivity contribution in [1.29, 1.82) is 0 Å². The van der Waals surface area contributed by atoms with Gasteiger partial charge in [0.1, 0.15) is 0 Å². The molecule has 2 aliphatic rings. The minimum absolute atomic E-state index is 0.0168. The van der Waals surface area contributed by atoms with E-state index >= 15 is 0 Å². The number of allylic oxidation sites excluding steroid dienone is 3. The van der Waals surface area contributed by atoms with Gasteiger partial charge in [-0.15, -0.1) is 0 Å². The molecule has 1 aliphatic heterocycles. The molecule has 6 nitrogen and oxygen atoms in total. The number of hydrogen-bond donors (Lipinski definition) is 2. The Morgan fingerprint density at radius 1 is 0.872 bits per heavy atom. The number of ketones is 1. The molecule has 0 spiro atoms. The minimum Gasteiger partial charge on any atom is -0.493 e. The van der Waals surface area contributed by atoms with Crippen LogP contribution in [0.1, 0.15) is 53.9 Å². The SMILES string of the molecule is COc1ccc(C2CC(=O)C3=C(C2)NC(C)=C(C(=O)Nc2ccccc2C)C3c2cccc(C)c2)cc1OC. The van der Waals surface area contributed by atoms with E-state index in [1.165, 1.54) is 0 Å². The standard InChI is InChI=1S/C33H34N2O4/c1-19-9-8-11-23(15-19)31-30(33(37)35-25-12-7-6-10-20(25)2)21(3)34-26-16-24(17-27(36)32(26)31)22-13-14-28(38-4)29(18-22)39-5/h6-15,18,24,31,34H,16-17H2,1-5H3,(H,35,37). The fraction of sp³-hybridized carbons (Fsp3) is 0.273. The molecule has 0 fully saturated rings. The molecule has 39 heavy (non-hydrogen) atoms. The van der Waals surface area contributed by atoms with Gasteiger partial charge in [-0.1, -0.05) is 54.1 Å². The molecule has 3 aromatic carbocycles. The summed E-state index contributed by atoms with van der Waals surface area (Å²) in [6, 6.07) is 21.6. The van der Waals surface area contributed by atoms with E-state index < -0.39 is 5.92 Å². The number of amides is 1. The molecule has 1 aliphatic carbocycles. The van der Waals surface area contributed by atoms with Crippen LogP contribution < -0.4 is 20.1 Å². The van der Waals surface area contributed by atoms with Crippen molar-refractivity contribution in [3.05, 3.63) is 112 Å². The van der Waals surface area contributed by atoms with Crippen LogP contribution in [-0.2, 0) is 9.59 Å². The smallest absolute Gasteiger partial charge is 0.254 e. The largest absolute Gasteiger partial charge is 0.493 e. The van der Waals surface area contributed by atoms with Gasteiger partial charge in [0.05, 0.1) is 14.2 Å². The van der Waals surface area contributed by atoms with Crippen LogP contribution in [0.5, 0.6) is 11.5 Å². The number of aryl methyl sites for hydroxylation is 2. The van der Waals surface area contributed by atoms with Crippen molar-refractivity contribution >= 4 is 17.4 Å². The first-order valence-corrected chi connectivity index (χ1v) is 13.2. The van der Waals surface area contributed by atoms with Gasteiger partial charge in [0.2, 0.25) is 0 Å². The third-order valence-electron chi connectivity index (χ3n) is 7.72. The first kappa shape index (κ1) is 26.3. The highest BCUT2D eigenvalue weighted by Gasteiger charge is 2.41. The molecule has 1 amide bonds. The number of Topliss-reactive ketones (excluding diaryl/α,β-unsaturated/α-hetero) is 1. The van der Waals surface area contributed by atoms with E-state index in [2.05, 4.69) is 16.7 Å². The monoisotopic (exact) mass is 522 g/mol. The van der Waals surface area contributed by atoms with E-state index in [9.17, 15) is 9.59 Å². The van der Waals surface area contributed by atoms with E-state index in [-0.39, 0.29) is 17.6 Å². The Morgan fingerprint density at radius 2 is 1.64 bits per heavy atom. The molecule has 0 radical (unpaired) electrons. The lowest BCUT2D eigenvalue weighted by Crippen LogP contribution is -2.37. The Bertz CT molecular complexity index is 1520. The van der Waals surface area contributed by atoms with Gasteiger partial charge in [0, 0.05) is 40.6 Å². The summed E-state index contributed by atoms with van der Waals surface area (Å²) < 4.78 is 10.9. The minimum atomic E-state index is -0.455. The molecular formula is C33H34N2O4. The van der Waals surface area contributed by atoms with Crippen LogP contribution >= 0.6 is 0 Å². The van der Waals surface area contributed by atoms with Crippen LogP contribution in [0.3, 0.4) is 0 Å². The lowest BCUT2D eigenvalue weighted by atomic mass is 9.71. The van der Waals surface area contributed by atoms with Gasteiger partial charge in [-0.25, -0.2) is 0 Å². The quantitative estimate of drug-likeness (QED) is 0.396. The van der Waals surface area contributed by atoms with Gasteiger partial charge in [-0.05, 0) is 68.0 Å². The number of nitrogens with one attached hydrogen (secondary N) is 2. The van der Waals surface area contributed by atoms with Gasteiger partial charge in [-0.2, -0.15) is 0 Å². The second-order valence-corrected chi connectivity index (χ2v) is 10.3. The predicted molar refractivity (Wildman–Crippen MR) is 153 cm³/mol. The zero-order chi connectivity index (χ0) is 27.7. The zero-order valence-electron chi connectivity index (χ0n) is 23.1. The molecule has 200 valence electrons. The Morgan fingerprint density at radius 3 is 2.36 bits per heavy atom. The lowest BCUT2D eigenvalue weighted by molar-refractivity contribution is -0.116. The molecular weight excluding hydrogens is 488 g/mol. The van der Waals surface area contributed by atoms with E-state index in [1.54, 1.807) is 14.2 Å². The number of para-hydroxylation sites is 1. The van der Waals surface area contributed by atoms with Gasteiger partial charge < -0.3 is 20.1 Å². The van der Waals surface area contributed by atoms with Crippen LogP contribution in [0.25, 0.3) is 0 Å². The molecule has 3 aromatic rings. The average molecular weight is 523 g/mol. The third-order valence-corrected chi connectivity index (χ3v) is 7.72. The average Bonchev–Trinajstić information content (AvgIpc) is 2.92. The number of hydrogen-bond acceptors (Lipinski definition) is 5. The molecule has 2 N–H and O–H groups in total. The Kier molecular flexibility index (Phi) is 7.29. The molecule has 0 saturated carbocycles. The van der Waals surface area contributed by atoms with Crippen molar-refractivity contribution in [2.75, 3.05) is 19.5 Å². The normalized spacial score (nSPS) is 18.8. The van der Waals surface area contributed by atoms with Crippen molar-refractivity contribution < 1.29 is 19.1 Å². The second kappa shape index (κ2) is 10.8. The van der Waals surface area contributed by atoms with E-state index in [0.29, 0.717) is 35.5 Å². The maximum atomic E-state index is 13.9. The summed E-state index contributed by atoms with van der Waals surface area (Å²) in [6.07, 6.45) is 1.01. The van der Waals surface area contributed by atoms with Crippen LogP contribution in [0.15, 0.2) is 89.3 Å². The number of benzene rings is 3. The van der Waals surface area contributed by atoms with Gasteiger partial charge in [-0.3, -0.25) is 9.59 Å². The summed E-state index contributed by atoms with van der Waals surface area (Å²) in [5.41, 5.74) is 7.66. The number of carbonyl (C=O) groups is 2. The highest BCUT2D eigenvalue weighted by Crippen LogP contribution is 2.46. The fourth-order valence-corrected chi connectivity index (χ4v) is 5.77. The first-order chi connectivity index (χ1) is 18.8. The van der Waals surface area contributed by atoms with Crippen molar-refractivity contribution in [2.45, 2.75) is 45.4 Å². The zero-order valence-corrected chi connectivity index (χ0v) is 23.1. The number of rotatable bonds is 6. The molecule has 0 bridgehead atoms. The molecule has 2 unspecified atom stereocenters. The van der Waals surface area contributed by atoms with Crippen LogP contribution in [0.2, 0.25) is 0 Å². The second-order valence-electron chi connectivity index (χ2n) is 10.3. The summed E-state index contributed by atoms with van der Waals surface area (Å²) >= 11 is 0. The number of ether oxygens (including phenoxy) is 2. The maximum Gasteiger partial charge on any atom is 0.254 e. The van der Waals surface area contributed by atoms with Gasteiger partial charge >= 0.3 is 0 Å². The number of methoxy groups -OCH3 is 2. The van der Waals surface area contributed by atoms with E-state index in [4.69, 9.17) is 9.47 Å². The fourth-order valence-electron chi connectivity index (χ4n) is 5.77. The van der Waals surface area contributed by atoms with Gasteiger partial charge in [0.15, 0.2) is 17.3 Å². The highest BCUT2D eigenvalue weighted by atomic mass is 16.5. The summed E-state index contributed by atoms with van der Waals surface area (Å²) in [6.45, 7) is 5.91. The Balaban J connectivity index is 1.55. The van der Waals surface area contributed by atoms with Crippen molar-refractivity contribution in [2.24, 2.45) is 0 Å². The highest BCUT2D eigenvalue weighted by molar-refractivity contribution is 6.10. The van der Waals surface area contributed by atoms with Crippen molar-refractivity contribution in [3.63, 3.8) is 0 Å². The molecule has 5 rings (SSSR count). The lowest BCUT2D eigenvalue weighted by Gasteiger charge is -2.37. The van der Waals surface area contributed by atoms with Crippen LogP contribution in [0.4, 0.5) is 5.69 Å². The van der Waals surface area contributed by atoms with Crippen LogP contribution in [-0.4, -0.2) is 25.9 Å². The Hall–Kier alpha value is -4.32. The topological polar surface area (TPSA) is 76.7 Å². The number of carbonyl (C=O) groups excluding carboxylic acids is 2.